The largest absolute Gasteiger partial charge is 0.451 e. The maximum absolute atomic E-state index is 12.4. The Morgan fingerprint density at radius 3 is 2.83 bits per heavy atom. The molecule has 4 rings (SSSR count). The second kappa shape index (κ2) is 5.60. The summed E-state index contributed by atoms with van der Waals surface area (Å²) < 4.78 is 5.66. The molecule has 1 aromatic carbocycles. The molecule has 0 aliphatic heterocycles. The van der Waals surface area contributed by atoms with Gasteiger partial charge in [0.05, 0.1) is 4.88 Å². The zero-order valence-corrected chi connectivity index (χ0v) is 13.7. The van der Waals surface area contributed by atoms with Gasteiger partial charge in [0.25, 0.3) is 5.91 Å². The number of hydrogen-bond acceptors (Lipinski definition) is 6. The summed E-state index contributed by atoms with van der Waals surface area (Å²) in [6, 6.07) is 11.5. The lowest BCUT2D eigenvalue weighted by atomic mass is 10.1. The SMILES string of the molecule is Cc1c(C(=O)Nc2nnc(-c3cccs3)s2)oc2ccccc12. The first-order valence-electron chi connectivity index (χ1n) is 6.89. The number of aryl methyl sites for hydroxylation is 1. The van der Waals surface area contributed by atoms with Crippen molar-refractivity contribution in [2.24, 2.45) is 0 Å². The summed E-state index contributed by atoms with van der Waals surface area (Å²) >= 11 is 2.93. The number of thiophene rings is 1. The number of benzene rings is 1. The van der Waals surface area contributed by atoms with Gasteiger partial charge in [-0.3, -0.25) is 10.1 Å². The molecule has 0 saturated carbocycles. The lowest BCUT2D eigenvalue weighted by Gasteiger charge is -1.98. The number of aromatic nitrogens is 2. The maximum Gasteiger partial charge on any atom is 0.293 e. The summed E-state index contributed by atoms with van der Waals surface area (Å²) in [4.78, 5) is 13.5. The third kappa shape index (κ3) is 2.54. The smallest absolute Gasteiger partial charge is 0.293 e. The number of carbonyl (C=O) groups is 1. The molecule has 1 amide bonds. The van der Waals surface area contributed by atoms with Crippen LogP contribution in [0.4, 0.5) is 5.13 Å². The monoisotopic (exact) mass is 341 g/mol. The highest BCUT2D eigenvalue weighted by Gasteiger charge is 2.19. The third-order valence-corrected chi connectivity index (χ3v) is 5.31. The minimum Gasteiger partial charge on any atom is -0.451 e. The van der Waals surface area contributed by atoms with Crippen LogP contribution in [0.5, 0.6) is 0 Å². The van der Waals surface area contributed by atoms with Crippen LogP contribution in [0.2, 0.25) is 0 Å². The molecule has 0 atom stereocenters. The van der Waals surface area contributed by atoms with Gasteiger partial charge >= 0.3 is 0 Å². The Morgan fingerprint density at radius 2 is 2.04 bits per heavy atom. The summed E-state index contributed by atoms with van der Waals surface area (Å²) in [5.74, 6) is -0.00773. The average Bonchev–Trinajstić information content (AvgIpc) is 3.27. The molecule has 7 heteroatoms. The van der Waals surface area contributed by atoms with E-state index in [0.29, 0.717) is 16.5 Å². The fourth-order valence-electron chi connectivity index (χ4n) is 2.32. The van der Waals surface area contributed by atoms with E-state index in [9.17, 15) is 4.79 Å². The van der Waals surface area contributed by atoms with Crippen molar-refractivity contribution >= 4 is 44.7 Å². The Morgan fingerprint density at radius 1 is 1.17 bits per heavy atom. The van der Waals surface area contributed by atoms with Crippen molar-refractivity contribution in [3.63, 3.8) is 0 Å². The summed E-state index contributed by atoms with van der Waals surface area (Å²) in [5, 5.41) is 15.0. The highest BCUT2D eigenvalue weighted by atomic mass is 32.1. The molecular weight excluding hydrogens is 330 g/mol. The van der Waals surface area contributed by atoms with Crippen LogP contribution in [0.25, 0.3) is 20.9 Å². The van der Waals surface area contributed by atoms with Crippen LogP contribution in [0.15, 0.2) is 46.2 Å². The molecule has 0 spiro atoms. The van der Waals surface area contributed by atoms with E-state index < -0.39 is 0 Å². The Kier molecular flexibility index (Phi) is 3.44. The number of para-hydroxylation sites is 1. The van der Waals surface area contributed by atoms with Gasteiger partial charge in [0.15, 0.2) is 10.8 Å². The van der Waals surface area contributed by atoms with Crippen molar-refractivity contribution in [1.82, 2.24) is 10.2 Å². The minimum atomic E-state index is -0.312. The molecule has 0 aliphatic rings. The Hall–Kier alpha value is -2.51. The molecule has 4 aromatic rings. The second-order valence-electron chi connectivity index (χ2n) is 4.90. The Labute approximate surface area is 139 Å². The molecule has 114 valence electrons. The predicted molar refractivity (Wildman–Crippen MR) is 92.1 cm³/mol. The highest BCUT2D eigenvalue weighted by Crippen LogP contribution is 2.30. The number of nitrogens with zero attached hydrogens (tertiary/aromatic N) is 2. The fraction of sp³-hybridized carbons (Fsp3) is 0.0625. The first kappa shape index (κ1) is 14.1. The molecule has 0 fully saturated rings. The van der Waals surface area contributed by atoms with E-state index in [4.69, 9.17) is 4.42 Å². The molecular formula is C16H11N3O2S2. The number of anilines is 1. The van der Waals surface area contributed by atoms with Gasteiger partial charge in [-0.05, 0) is 24.4 Å². The van der Waals surface area contributed by atoms with Gasteiger partial charge < -0.3 is 4.42 Å². The first-order valence-corrected chi connectivity index (χ1v) is 8.59. The van der Waals surface area contributed by atoms with Crippen molar-refractivity contribution in [3.8, 4) is 9.88 Å². The van der Waals surface area contributed by atoms with E-state index in [1.807, 2.05) is 48.7 Å². The Balaban J connectivity index is 1.61. The lowest BCUT2D eigenvalue weighted by molar-refractivity contribution is 0.0998. The third-order valence-electron chi connectivity index (χ3n) is 3.43. The van der Waals surface area contributed by atoms with Gasteiger partial charge in [-0.2, -0.15) is 0 Å². The molecule has 0 saturated heterocycles. The van der Waals surface area contributed by atoms with Crippen LogP contribution in [0.1, 0.15) is 16.1 Å². The molecule has 0 radical (unpaired) electrons. The van der Waals surface area contributed by atoms with Crippen LogP contribution in [-0.4, -0.2) is 16.1 Å². The van der Waals surface area contributed by atoms with Crippen LogP contribution in [-0.2, 0) is 0 Å². The van der Waals surface area contributed by atoms with Crippen molar-refractivity contribution in [2.75, 3.05) is 5.32 Å². The number of fused-ring (bicyclic) bond motifs is 1. The van der Waals surface area contributed by atoms with Gasteiger partial charge in [-0.15, -0.1) is 21.5 Å². The van der Waals surface area contributed by atoms with Gasteiger partial charge in [-0.1, -0.05) is 35.6 Å². The maximum atomic E-state index is 12.4. The molecule has 1 N–H and O–H groups in total. The Bertz CT molecular complexity index is 986. The molecule has 0 aliphatic carbocycles. The summed E-state index contributed by atoms with van der Waals surface area (Å²) in [7, 11) is 0. The highest BCUT2D eigenvalue weighted by molar-refractivity contribution is 7.23. The quantitative estimate of drug-likeness (QED) is 0.592. The van der Waals surface area contributed by atoms with E-state index in [2.05, 4.69) is 15.5 Å². The van der Waals surface area contributed by atoms with Gasteiger partial charge in [-0.25, -0.2) is 0 Å². The molecule has 3 aromatic heterocycles. The molecule has 23 heavy (non-hydrogen) atoms. The summed E-state index contributed by atoms with van der Waals surface area (Å²) in [6.45, 7) is 1.87. The van der Waals surface area contributed by atoms with Gasteiger partial charge in [0.1, 0.15) is 5.58 Å². The van der Waals surface area contributed by atoms with Crippen molar-refractivity contribution in [2.45, 2.75) is 6.92 Å². The second-order valence-corrected chi connectivity index (χ2v) is 6.82. The van der Waals surface area contributed by atoms with Crippen molar-refractivity contribution < 1.29 is 9.21 Å². The number of furan rings is 1. The van der Waals surface area contributed by atoms with Crippen molar-refractivity contribution in [1.29, 1.82) is 0 Å². The summed E-state index contributed by atoms with van der Waals surface area (Å²) in [6.07, 6.45) is 0. The number of hydrogen-bond donors (Lipinski definition) is 1. The fourth-order valence-corrected chi connectivity index (χ4v) is 3.85. The number of rotatable bonds is 3. The van der Waals surface area contributed by atoms with E-state index in [-0.39, 0.29) is 5.91 Å². The lowest BCUT2D eigenvalue weighted by Crippen LogP contribution is -2.11. The first-order chi connectivity index (χ1) is 11.2. The number of nitrogens with one attached hydrogen (secondary N) is 1. The summed E-state index contributed by atoms with van der Waals surface area (Å²) in [5.41, 5.74) is 1.52. The van der Waals surface area contributed by atoms with Crippen LogP contribution in [0, 0.1) is 6.92 Å². The zero-order valence-electron chi connectivity index (χ0n) is 12.1. The topological polar surface area (TPSA) is 68.0 Å². The van der Waals surface area contributed by atoms with Gasteiger partial charge in [0.2, 0.25) is 5.13 Å². The molecule has 3 heterocycles. The predicted octanol–water partition coefficient (Wildman–Crippen LogP) is 4.57. The van der Waals surface area contributed by atoms with E-state index >= 15 is 0 Å². The van der Waals surface area contributed by atoms with E-state index in [0.717, 1.165) is 20.8 Å². The van der Waals surface area contributed by atoms with Crippen molar-refractivity contribution in [3.05, 3.63) is 53.1 Å². The minimum absolute atomic E-state index is 0.305. The molecule has 0 bridgehead atoms. The number of amides is 1. The zero-order chi connectivity index (χ0) is 15.8. The van der Waals surface area contributed by atoms with E-state index in [1.165, 1.54) is 11.3 Å². The van der Waals surface area contributed by atoms with Gasteiger partial charge in [0, 0.05) is 10.9 Å². The van der Waals surface area contributed by atoms with Crippen LogP contribution < -0.4 is 5.32 Å². The molecule has 5 nitrogen and oxygen atoms in total. The normalized spacial score (nSPS) is 11.0. The average molecular weight is 341 g/mol. The standard InChI is InChI=1S/C16H11N3O2S2/c1-9-10-5-2-3-6-11(10)21-13(9)14(20)17-16-19-18-15(23-16)12-7-4-8-22-12/h2-8H,1H3,(H,17,19,20). The van der Waals surface area contributed by atoms with Crippen LogP contribution >= 0.6 is 22.7 Å². The van der Waals surface area contributed by atoms with Crippen LogP contribution in [0.3, 0.4) is 0 Å². The number of carbonyl (C=O) groups excluding carboxylic acids is 1. The van der Waals surface area contributed by atoms with E-state index in [1.54, 1.807) is 11.3 Å². The molecule has 0 unspecified atom stereocenters.